The third kappa shape index (κ3) is 4.52. The maximum Gasteiger partial charge on any atom is 0.421 e. The Balaban J connectivity index is 1.67. The number of nitrogens with zero attached hydrogens (tertiary/aromatic N) is 4. The molecule has 1 fully saturated rings. The topological polar surface area (TPSA) is 93.8 Å². The van der Waals surface area contributed by atoms with Crippen molar-refractivity contribution in [3.8, 4) is 0 Å². The summed E-state index contributed by atoms with van der Waals surface area (Å²) in [5, 5.41) is 13.7. The molecule has 1 amide bonds. The van der Waals surface area contributed by atoms with Gasteiger partial charge in [0.05, 0.1) is 11.8 Å². The van der Waals surface area contributed by atoms with Gasteiger partial charge in [-0.25, -0.2) is 4.68 Å². The Morgan fingerprint density at radius 2 is 1.96 bits per heavy atom. The Hall–Kier alpha value is -2.85. The van der Waals surface area contributed by atoms with Crippen LogP contribution in [0.25, 0.3) is 0 Å². The SMILES string of the molecule is Cn1cc(C(=O)N[C@@H]2CCC[C@H](Nc3cc(C(F)(F)F)c(=O)n(C)n3)C2)cn1. The lowest BCUT2D eigenvalue weighted by Gasteiger charge is -2.30. The fourth-order valence-corrected chi connectivity index (χ4v) is 3.35. The van der Waals surface area contributed by atoms with E-state index in [9.17, 15) is 22.8 Å². The number of hydrogen-bond acceptors (Lipinski definition) is 5. The smallest absolute Gasteiger partial charge is 0.366 e. The lowest BCUT2D eigenvalue weighted by molar-refractivity contribution is -0.139. The number of aryl methyl sites for hydroxylation is 2. The van der Waals surface area contributed by atoms with Gasteiger partial charge in [-0.2, -0.15) is 23.4 Å². The van der Waals surface area contributed by atoms with Crippen molar-refractivity contribution in [3.63, 3.8) is 0 Å². The van der Waals surface area contributed by atoms with E-state index in [1.54, 1.807) is 13.2 Å². The molecule has 3 rings (SSSR count). The Bertz CT molecular complexity index is 920. The van der Waals surface area contributed by atoms with E-state index in [1.807, 2.05) is 0 Å². The van der Waals surface area contributed by atoms with Crippen LogP contribution in [0.2, 0.25) is 0 Å². The summed E-state index contributed by atoms with van der Waals surface area (Å²) in [5.74, 6) is -0.253. The minimum atomic E-state index is -4.75. The summed E-state index contributed by atoms with van der Waals surface area (Å²) in [6.07, 6.45) is 1.18. The zero-order chi connectivity index (χ0) is 20.5. The molecule has 0 unspecified atom stereocenters. The molecule has 152 valence electrons. The van der Waals surface area contributed by atoms with Crippen molar-refractivity contribution < 1.29 is 18.0 Å². The van der Waals surface area contributed by atoms with Gasteiger partial charge in [-0.3, -0.25) is 14.3 Å². The van der Waals surface area contributed by atoms with Crippen LogP contribution in [0.1, 0.15) is 41.6 Å². The quantitative estimate of drug-likeness (QED) is 0.818. The first-order chi connectivity index (χ1) is 13.1. The van der Waals surface area contributed by atoms with Crippen LogP contribution in [0.15, 0.2) is 23.3 Å². The maximum atomic E-state index is 13.0. The van der Waals surface area contributed by atoms with Gasteiger partial charge in [-0.15, -0.1) is 0 Å². The Kier molecular flexibility index (Phi) is 5.43. The van der Waals surface area contributed by atoms with Crippen LogP contribution in [0, 0.1) is 0 Å². The van der Waals surface area contributed by atoms with Gasteiger partial charge in [0.1, 0.15) is 11.4 Å². The molecule has 0 radical (unpaired) electrons. The molecule has 0 spiro atoms. The van der Waals surface area contributed by atoms with Gasteiger partial charge in [-0.05, 0) is 25.7 Å². The molecule has 2 aromatic rings. The fourth-order valence-electron chi connectivity index (χ4n) is 3.35. The predicted octanol–water partition coefficient (Wildman–Crippen LogP) is 1.69. The van der Waals surface area contributed by atoms with Crippen LogP contribution in [0.4, 0.5) is 19.0 Å². The van der Waals surface area contributed by atoms with Crippen LogP contribution in [-0.2, 0) is 20.3 Å². The zero-order valence-electron chi connectivity index (χ0n) is 15.5. The van der Waals surface area contributed by atoms with Gasteiger partial charge in [0.2, 0.25) is 0 Å². The second kappa shape index (κ2) is 7.64. The summed E-state index contributed by atoms with van der Waals surface area (Å²) in [7, 11) is 2.90. The first-order valence-electron chi connectivity index (χ1n) is 8.85. The molecule has 2 N–H and O–H groups in total. The third-order valence-electron chi connectivity index (χ3n) is 4.70. The second-order valence-electron chi connectivity index (χ2n) is 6.95. The second-order valence-corrected chi connectivity index (χ2v) is 6.95. The van der Waals surface area contributed by atoms with E-state index in [4.69, 9.17) is 0 Å². The highest BCUT2D eigenvalue weighted by Crippen LogP contribution is 2.28. The van der Waals surface area contributed by atoms with Crippen LogP contribution < -0.4 is 16.2 Å². The summed E-state index contributed by atoms with van der Waals surface area (Å²) in [6.45, 7) is 0. The molecule has 0 bridgehead atoms. The average molecular weight is 398 g/mol. The highest BCUT2D eigenvalue weighted by atomic mass is 19.4. The Morgan fingerprint density at radius 3 is 2.61 bits per heavy atom. The molecular weight excluding hydrogens is 377 g/mol. The van der Waals surface area contributed by atoms with Crippen LogP contribution in [0.3, 0.4) is 0 Å². The van der Waals surface area contributed by atoms with E-state index < -0.39 is 17.3 Å². The molecule has 1 aliphatic rings. The number of hydrogen-bond donors (Lipinski definition) is 2. The van der Waals surface area contributed by atoms with Crippen molar-refractivity contribution in [1.82, 2.24) is 24.9 Å². The molecule has 0 saturated heterocycles. The first-order valence-corrected chi connectivity index (χ1v) is 8.85. The normalized spacial score (nSPS) is 20.0. The van der Waals surface area contributed by atoms with Crippen molar-refractivity contribution in [2.24, 2.45) is 14.1 Å². The van der Waals surface area contributed by atoms with Crippen molar-refractivity contribution in [2.75, 3.05) is 5.32 Å². The molecular formula is C17H21F3N6O2. The van der Waals surface area contributed by atoms with E-state index in [1.165, 1.54) is 17.9 Å². The minimum Gasteiger partial charge on any atom is -0.366 e. The lowest BCUT2D eigenvalue weighted by atomic mass is 9.90. The largest absolute Gasteiger partial charge is 0.421 e. The van der Waals surface area contributed by atoms with E-state index >= 15 is 0 Å². The first kappa shape index (κ1) is 19.9. The molecule has 2 heterocycles. The molecule has 11 heteroatoms. The number of amides is 1. The molecule has 2 atom stereocenters. The number of aromatic nitrogens is 4. The number of rotatable bonds is 4. The van der Waals surface area contributed by atoms with E-state index in [0.717, 1.165) is 25.3 Å². The lowest BCUT2D eigenvalue weighted by Crippen LogP contribution is -2.42. The molecule has 1 saturated carbocycles. The van der Waals surface area contributed by atoms with Crippen molar-refractivity contribution in [1.29, 1.82) is 0 Å². The fraction of sp³-hybridized carbons (Fsp3) is 0.529. The van der Waals surface area contributed by atoms with Gasteiger partial charge < -0.3 is 10.6 Å². The molecule has 2 aromatic heterocycles. The van der Waals surface area contributed by atoms with Crippen molar-refractivity contribution >= 4 is 11.7 Å². The van der Waals surface area contributed by atoms with Gasteiger partial charge in [0, 0.05) is 38.4 Å². The van der Waals surface area contributed by atoms with Crippen molar-refractivity contribution in [3.05, 3.63) is 39.9 Å². The summed E-state index contributed by atoms with van der Waals surface area (Å²) in [6, 6.07) is 0.452. The Morgan fingerprint density at radius 1 is 1.25 bits per heavy atom. The minimum absolute atomic E-state index is 0.0151. The van der Waals surface area contributed by atoms with Crippen LogP contribution in [-0.4, -0.2) is 37.6 Å². The van der Waals surface area contributed by atoms with Crippen LogP contribution in [0.5, 0.6) is 0 Å². The van der Waals surface area contributed by atoms with Gasteiger partial charge in [0.25, 0.3) is 11.5 Å². The summed E-state index contributed by atoms with van der Waals surface area (Å²) >= 11 is 0. The number of alkyl halides is 3. The molecule has 0 aliphatic heterocycles. The molecule has 8 nitrogen and oxygen atoms in total. The standard InChI is InChI=1S/C17H21F3N6O2/c1-25-9-10(8-21-25)15(27)23-12-5-3-4-11(6-12)22-14-7-13(17(18,19)20)16(28)26(2)24-14/h7-9,11-12H,3-6H2,1-2H3,(H,22,24)(H,23,27)/t11-,12+/m0/s1. The number of carbonyl (C=O) groups excluding carboxylic acids is 1. The predicted molar refractivity (Wildman–Crippen MR) is 94.8 cm³/mol. The van der Waals surface area contributed by atoms with E-state index in [2.05, 4.69) is 20.8 Å². The van der Waals surface area contributed by atoms with Gasteiger partial charge in [-0.1, -0.05) is 0 Å². The molecule has 1 aliphatic carbocycles. The highest BCUT2D eigenvalue weighted by Gasteiger charge is 2.35. The number of anilines is 1. The van der Waals surface area contributed by atoms with Gasteiger partial charge >= 0.3 is 6.18 Å². The average Bonchev–Trinajstić information content (AvgIpc) is 3.04. The summed E-state index contributed by atoms with van der Waals surface area (Å²) in [5.41, 5.74) is -2.00. The van der Waals surface area contributed by atoms with Crippen molar-refractivity contribution in [2.45, 2.75) is 43.9 Å². The van der Waals surface area contributed by atoms with E-state index in [0.29, 0.717) is 16.7 Å². The highest BCUT2D eigenvalue weighted by molar-refractivity contribution is 5.93. The summed E-state index contributed by atoms with van der Waals surface area (Å²) in [4.78, 5) is 23.9. The monoisotopic (exact) mass is 398 g/mol. The van der Waals surface area contributed by atoms with Crippen LogP contribution >= 0.6 is 0 Å². The number of carbonyl (C=O) groups is 1. The molecule has 0 aromatic carbocycles. The zero-order valence-corrected chi connectivity index (χ0v) is 15.5. The Labute approximate surface area is 158 Å². The maximum absolute atomic E-state index is 13.0. The summed E-state index contributed by atoms with van der Waals surface area (Å²) < 4.78 is 41.3. The molecule has 28 heavy (non-hydrogen) atoms. The van der Waals surface area contributed by atoms with E-state index in [-0.39, 0.29) is 23.8 Å². The third-order valence-corrected chi connectivity index (χ3v) is 4.70. The number of halogens is 3. The number of nitrogens with one attached hydrogen (secondary N) is 2. The van der Waals surface area contributed by atoms with Gasteiger partial charge in [0.15, 0.2) is 0 Å².